The highest BCUT2D eigenvalue weighted by molar-refractivity contribution is 7.67. The van der Waals surface area contributed by atoms with E-state index in [1.54, 1.807) is 13.8 Å². The molecule has 0 saturated carbocycles. The maximum absolute atomic E-state index is 9.99. The second-order valence-electron chi connectivity index (χ2n) is 7.64. The topological polar surface area (TPSA) is 55.5 Å². The van der Waals surface area contributed by atoms with Crippen molar-refractivity contribution in [3.8, 4) is 0 Å². The summed E-state index contributed by atoms with van der Waals surface area (Å²) < 4.78 is 5.79. The summed E-state index contributed by atoms with van der Waals surface area (Å²) in [6.45, 7) is 18.1. The number of rotatable bonds is 8. The zero-order valence-corrected chi connectivity index (χ0v) is 14.9. The molecule has 0 spiro atoms. The molecule has 0 fully saturated rings. The Morgan fingerprint density at radius 1 is 1.05 bits per heavy atom. The standard InChI is InChI=1S/C14H32BNO2P/c1-11(2,12(3,4)16)9-10-15-19-18-14(7,8)13(5,6)17/h17,19H,9-10,16H2,1-8H3. The summed E-state index contributed by atoms with van der Waals surface area (Å²) in [4.78, 5) is 0. The number of hydrogen-bond acceptors (Lipinski definition) is 3. The van der Waals surface area contributed by atoms with E-state index in [1.807, 2.05) is 13.8 Å². The van der Waals surface area contributed by atoms with E-state index in [2.05, 4.69) is 34.7 Å². The summed E-state index contributed by atoms with van der Waals surface area (Å²) in [6.07, 6.45) is 2.02. The first-order chi connectivity index (χ1) is 8.21. The molecule has 0 aliphatic rings. The van der Waals surface area contributed by atoms with Crippen LogP contribution in [-0.2, 0) is 4.52 Å². The van der Waals surface area contributed by atoms with Gasteiger partial charge >= 0.3 is 0 Å². The van der Waals surface area contributed by atoms with Gasteiger partial charge in [0.25, 0.3) is 0 Å². The fourth-order valence-electron chi connectivity index (χ4n) is 1.13. The molecule has 0 aliphatic carbocycles. The lowest BCUT2D eigenvalue weighted by Crippen LogP contribution is -2.47. The Morgan fingerprint density at radius 2 is 1.53 bits per heavy atom. The first kappa shape index (κ1) is 19.4. The van der Waals surface area contributed by atoms with Crippen molar-refractivity contribution in [1.82, 2.24) is 0 Å². The van der Waals surface area contributed by atoms with Crippen molar-refractivity contribution in [2.24, 2.45) is 11.1 Å². The molecular weight excluding hydrogens is 256 g/mol. The van der Waals surface area contributed by atoms with E-state index in [0.717, 1.165) is 12.7 Å². The smallest absolute Gasteiger partial charge is 0.179 e. The monoisotopic (exact) mass is 288 g/mol. The third-order valence-corrected chi connectivity index (χ3v) is 5.61. The zero-order chi connectivity index (χ0) is 15.5. The Hall–Kier alpha value is 0.375. The molecule has 1 unspecified atom stereocenters. The van der Waals surface area contributed by atoms with E-state index in [4.69, 9.17) is 10.3 Å². The van der Waals surface area contributed by atoms with Crippen molar-refractivity contribution < 1.29 is 9.63 Å². The maximum atomic E-state index is 9.99. The quantitative estimate of drug-likeness (QED) is 0.409. The summed E-state index contributed by atoms with van der Waals surface area (Å²) in [5, 5.41) is 9.99. The second kappa shape index (κ2) is 6.43. The fraction of sp³-hybridized carbons (Fsp3) is 1.00. The molecule has 0 bridgehead atoms. The molecule has 0 saturated heterocycles. The predicted octanol–water partition coefficient (Wildman–Crippen LogP) is 3.34. The van der Waals surface area contributed by atoms with Gasteiger partial charge < -0.3 is 15.4 Å². The van der Waals surface area contributed by atoms with Gasteiger partial charge in [-0.25, -0.2) is 0 Å². The Morgan fingerprint density at radius 3 is 1.89 bits per heavy atom. The normalized spacial score (nSPS) is 15.3. The van der Waals surface area contributed by atoms with E-state index in [0.29, 0.717) is 8.69 Å². The average Bonchev–Trinajstić information content (AvgIpc) is 2.12. The Kier molecular flexibility index (Phi) is 6.56. The van der Waals surface area contributed by atoms with Crippen LogP contribution in [0.25, 0.3) is 0 Å². The molecule has 1 atom stereocenters. The lowest BCUT2D eigenvalue weighted by atomic mass is 9.70. The average molecular weight is 288 g/mol. The van der Waals surface area contributed by atoms with Crippen molar-refractivity contribution in [3.63, 3.8) is 0 Å². The fourth-order valence-corrected chi connectivity index (χ4v) is 2.02. The van der Waals surface area contributed by atoms with Gasteiger partial charge in [0.2, 0.25) is 0 Å². The third-order valence-electron chi connectivity index (χ3n) is 4.53. The molecule has 1 radical (unpaired) electrons. The van der Waals surface area contributed by atoms with Crippen LogP contribution in [0.2, 0.25) is 6.32 Å². The summed E-state index contributed by atoms with van der Waals surface area (Å²) >= 11 is 0. The maximum Gasteiger partial charge on any atom is 0.179 e. The lowest BCUT2D eigenvalue weighted by Gasteiger charge is -2.39. The predicted molar refractivity (Wildman–Crippen MR) is 87.0 cm³/mol. The number of hydrogen-bond donors (Lipinski definition) is 2. The second-order valence-corrected chi connectivity index (χ2v) is 8.49. The van der Waals surface area contributed by atoms with Crippen LogP contribution in [0.1, 0.15) is 61.8 Å². The van der Waals surface area contributed by atoms with Crippen molar-refractivity contribution in [2.45, 2.75) is 84.9 Å². The van der Waals surface area contributed by atoms with Crippen molar-refractivity contribution in [3.05, 3.63) is 0 Å². The van der Waals surface area contributed by atoms with Crippen LogP contribution >= 0.6 is 8.69 Å². The molecular formula is C14H32BNO2P. The van der Waals surface area contributed by atoms with Gasteiger partial charge in [-0.15, -0.1) is 0 Å². The molecule has 0 aromatic carbocycles. The molecule has 0 aromatic heterocycles. The highest BCUT2D eigenvalue weighted by atomic mass is 31.1. The molecule has 0 aromatic rings. The summed E-state index contributed by atoms with van der Waals surface area (Å²) in [6, 6.07) is 0. The van der Waals surface area contributed by atoms with Gasteiger partial charge in [-0.1, -0.05) is 26.6 Å². The largest absolute Gasteiger partial charge is 0.387 e. The first-order valence-corrected chi connectivity index (χ1v) is 7.96. The number of aliphatic hydroxyl groups is 1. The lowest BCUT2D eigenvalue weighted by molar-refractivity contribution is -0.0829. The van der Waals surface area contributed by atoms with E-state index in [-0.39, 0.29) is 11.0 Å². The zero-order valence-electron chi connectivity index (χ0n) is 13.9. The Bertz CT molecular complexity index is 252. The van der Waals surface area contributed by atoms with Crippen LogP contribution in [0.4, 0.5) is 0 Å². The van der Waals surface area contributed by atoms with Crippen molar-refractivity contribution in [1.29, 1.82) is 0 Å². The molecule has 0 rings (SSSR count). The third kappa shape index (κ3) is 6.12. The molecule has 113 valence electrons. The molecule has 3 nitrogen and oxygen atoms in total. The molecule has 0 amide bonds. The van der Waals surface area contributed by atoms with Crippen molar-refractivity contribution >= 4 is 15.7 Å². The van der Waals surface area contributed by atoms with Gasteiger partial charge in [0, 0.05) is 5.54 Å². The van der Waals surface area contributed by atoms with Gasteiger partial charge in [-0.05, 0) is 55.6 Å². The summed E-state index contributed by atoms with van der Waals surface area (Å²) in [7, 11) is 0.301. The van der Waals surface area contributed by atoms with Gasteiger partial charge in [0.05, 0.1) is 11.2 Å². The van der Waals surface area contributed by atoms with Crippen molar-refractivity contribution in [2.75, 3.05) is 0 Å². The minimum Gasteiger partial charge on any atom is -0.387 e. The molecule has 19 heavy (non-hydrogen) atoms. The summed E-state index contributed by atoms with van der Waals surface area (Å²) in [5.74, 6) is 0. The van der Waals surface area contributed by atoms with Crippen LogP contribution in [-0.4, -0.2) is 28.8 Å². The molecule has 3 N–H and O–H groups in total. The highest BCUT2D eigenvalue weighted by Gasteiger charge is 2.36. The van der Waals surface area contributed by atoms with Crippen LogP contribution < -0.4 is 5.73 Å². The minimum absolute atomic E-state index is 0.0970. The molecule has 0 heterocycles. The van der Waals surface area contributed by atoms with E-state index >= 15 is 0 Å². The van der Waals surface area contributed by atoms with Crippen LogP contribution in [0, 0.1) is 5.41 Å². The van der Waals surface area contributed by atoms with Crippen LogP contribution in [0.5, 0.6) is 0 Å². The molecule has 5 heteroatoms. The van der Waals surface area contributed by atoms with Gasteiger partial charge in [0.15, 0.2) is 7.00 Å². The van der Waals surface area contributed by atoms with Gasteiger partial charge in [-0.3, -0.25) is 0 Å². The number of nitrogens with two attached hydrogens (primary N) is 1. The minimum atomic E-state index is -0.841. The van der Waals surface area contributed by atoms with Crippen LogP contribution in [0.15, 0.2) is 0 Å². The SMILES string of the molecule is CC(C)(N)C(C)(C)CC[B]POC(C)(C)C(C)(C)O. The van der Waals surface area contributed by atoms with Crippen LogP contribution in [0.3, 0.4) is 0 Å². The highest BCUT2D eigenvalue weighted by Crippen LogP contribution is 2.36. The summed E-state index contributed by atoms with van der Waals surface area (Å²) in [5.41, 5.74) is 4.71. The Balaban J connectivity index is 4.03. The van der Waals surface area contributed by atoms with Gasteiger partial charge in [-0.2, -0.15) is 0 Å². The van der Waals surface area contributed by atoms with Gasteiger partial charge in [0.1, 0.15) is 0 Å². The van der Waals surface area contributed by atoms with E-state index < -0.39 is 11.2 Å². The first-order valence-electron chi connectivity index (χ1n) is 6.97. The van der Waals surface area contributed by atoms with E-state index in [9.17, 15) is 5.11 Å². The Labute approximate surface area is 122 Å². The molecule has 0 aliphatic heterocycles. The van der Waals surface area contributed by atoms with E-state index in [1.165, 1.54) is 0 Å².